The molecule has 0 bridgehead atoms. The van der Waals surface area contributed by atoms with Gasteiger partial charge in [-0.2, -0.15) is 5.10 Å². The Morgan fingerprint density at radius 1 is 1.12 bits per heavy atom. The van der Waals surface area contributed by atoms with Crippen LogP contribution in [0.15, 0.2) is 36.5 Å². The van der Waals surface area contributed by atoms with Gasteiger partial charge in [-0.15, -0.1) is 0 Å². The average Bonchev–Trinajstić information content (AvgIpc) is 2.92. The van der Waals surface area contributed by atoms with E-state index in [1.165, 1.54) is 12.1 Å². The summed E-state index contributed by atoms with van der Waals surface area (Å²) in [7, 11) is -1.15. The van der Waals surface area contributed by atoms with E-state index in [1.807, 2.05) is 0 Å². The molecule has 138 valence electrons. The highest BCUT2D eigenvalue weighted by atomic mass is 28.3. The maximum absolute atomic E-state index is 14.7. The van der Waals surface area contributed by atoms with Gasteiger partial charge in [0.05, 0.1) is 11.7 Å². The minimum Gasteiger partial charge on any atom is -0.360 e. The number of ether oxygens (including phenoxy) is 1. The first-order valence-corrected chi connectivity index (χ1v) is 12.5. The predicted molar refractivity (Wildman–Crippen MR) is 104 cm³/mol. The number of halogens is 2. The molecule has 0 unspecified atom stereocenters. The van der Waals surface area contributed by atoms with Crippen LogP contribution in [0.1, 0.15) is 5.56 Å². The number of nitrogens with zero attached hydrogens (tertiary/aromatic N) is 2. The molecule has 3 nitrogen and oxygen atoms in total. The van der Waals surface area contributed by atoms with Crippen molar-refractivity contribution < 1.29 is 13.5 Å². The topological polar surface area (TPSA) is 27.1 Å². The third-order valence-corrected chi connectivity index (χ3v) is 6.14. The van der Waals surface area contributed by atoms with Crippen LogP contribution in [0, 0.1) is 18.6 Å². The molecule has 0 saturated heterocycles. The molecule has 0 radical (unpaired) electrons. The minimum absolute atomic E-state index is 0.257. The highest BCUT2D eigenvalue weighted by Gasteiger charge is 2.16. The molecule has 26 heavy (non-hydrogen) atoms. The first kappa shape index (κ1) is 18.7. The van der Waals surface area contributed by atoms with E-state index in [0.29, 0.717) is 23.3 Å². The fourth-order valence-electron chi connectivity index (χ4n) is 2.90. The van der Waals surface area contributed by atoms with Crippen molar-refractivity contribution in [3.8, 4) is 11.1 Å². The van der Waals surface area contributed by atoms with Crippen LogP contribution in [0.5, 0.6) is 0 Å². The molecule has 0 N–H and O–H groups in total. The van der Waals surface area contributed by atoms with E-state index >= 15 is 0 Å². The number of benzene rings is 2. The Labute approximate surface area is 153 Å². The van der Waals surface area contributed by atoms with Crippen molar-refractivity contribution in [2.45, 2.75) is 39.3 Å². The molecule has 0 aliphatic rings. The van der Waals surface area contributed by atoms with Gasteiger partial charge in [0.2, 0.25) is 0 Å². The van der Waals surface area contributed by atoms with Crippen molar-refractivity contribution in [1.82, 2.24) is 9.78 Å². The van der Waals surface area contributed by atoms with Gasteiger partial charge in [-0.3, -0.25) is 0 Å². The zero-order valence-corrected chi connectivity index (χ0v) is 16.6. The first-order chi connectivity index (χ1) is 12.3. The first-order valence-electron chi connectivity index (χ1n) is 8.74. The summed E-state index contributed by atoms with van der Waals surface area (Å²) in [5.41, 5.74) is 1.90. The Hall–Kier alpha value is -2.05. The Kier molecular flexibility index (Phi) is 5.25. The molecule has 6 heteroatoms. The number of aryl methyl sites for hydroxylation is 1. The summed E-state index contributed by atoms with van der Waals surface area (Å²) < 4.78 is 36.3. The smallest absolute Gasteiger partial charge is 0.139 e. The van der Waals surface area contributed by atoms with E-state index in [9.17, 15) is 8.78 Å². The Morgan fingerprint density at radius 2 is 1.88 bits per heavy atom. The molecule has 0 aliphatic heterocycles. The van der Waals surface area contributed by atoms with Crippen molar-refractivity contribution in [2.24, 2.45) is 0 Å². The van der Waals surface area contributed by atoms with Crippen molar-refractivity contribution in [3.63, 3.8) is 0 Å². The lowest BCUT2D eigenvalue weighted by atomic mass is 9.98. The molecule has 3 rings (SSSR count). The van der Waals surface area contributed by atoms with Crippen molar-refractivity contribution >= 4 is 19.0 Å². The second kappa shape index (κ2) is 7.29. The van der Waals surface area contributed by atoms with Crippen LogP contribution in [-0.4, -0.2) is 24.5 Å². The summed E-state index contributed by atoms with van der Waals surface area (Å²) in [6.07, 6.45) is 1.66. The molecule has 0 aliphatic carbocycles. The monoisotopic (exact) mass is 374 g/mol. The summed E-state index contributed by atoms with van der Waals surface area (Å²) in [6, 6.07) is 8.88. The summed E-state index contributed by atoms with van der Waals surface area (Å²) in [4.78, 5) is 0. The number of rotatable bonds is 6. The molecule has 1 heterocycles. The quantitative estimate of drug-likeness (QED) is 0.415. The summed E-state index contributed by atoms with van der Waals surface area (Å²) in [5.74, 6) is -0.889. The van der Waals surface area contributed by atoms with Crippen LogP contribution < -0.4 is 0 Å². The van der Waals surface area contributed by atoms with E-state index in [0.717, 1.165) is 11.4 Å². The Bertz CT molecular complexity index is 911. The Morgan fingerprint density at radius 3 is 2.58 bits per heavy atom. The largest absolute Gasteiger partial charge is 0.360 e. The normalized spacial score (nSPS) is 12.1. The molecular formula is C20H24F2N2OSi. The number of hydrogen-bond acceptors (Lipinski definition) is 2. The number of fused-ring (bicyclic) bond motifs is 1. The highest BCUT2D eigenvalue weighted by Crippen LogP contribution is 2.32. The van der Waals surface area contributed by atoms with Crippen LogP contribution in [-0.2, 0) is 11.5 Å². The van der Waals surface area contributed by atoms with Crippen LogP contribution >= 0.6 is 0 Å². The standard InChI is InChI=1S/C20H24F2N2OSi/c1-14-6-5-7-17(21)20(14)16-10-15-12-23-24(19(15)11-18(16)22)13-25-8-9-26(2,3)4/h5-7,10-12H,8-9,13H2,1-4H3. The molecule has 0 fully saturated rings. The lowest BCUT2D eigenvalue weighted by Gasteiger charge is -2.15. The molecule has 0 spiro atoms. The van der Waals surface area contributed by atoms with Gasteiger partial charge in [0.1, 0.15) is 18.4 Å². The van der Waals surface area contributed by atoms with Gasteiger partial charge in [-0.25, -0.2) is 13.5 Å². The molecule has 2 aromatic carbocycles. The van der Waals surface area contributed by atoms with E-state index in [-0.39, 0.29) is 12.3 Å². The summed E-state index contributed by atoms with van der Waals surface area (Å²) in [6.45, 7) is 9.61. The number of aromatic nitrogens is 2. The third kappa shape index (κ3) is 4.02. The van der Waals surface area contributed by atoms with Crippen LogP contribution in [0.25, 0.3) is 22.0 Å². The maximum Gasteiger partial charge on any atom is 0.139 e. The molecule has 0 amide bonds. The van der Waals surface area contributed by atoms with Crippen molar-refractivity contribution in [3.05, 3.63) is 53.7 Å². The SMILES string of the molecule is Cc1cccc(F)c1-c1cc2cnn(COCC[Si](C)(C)C)c2cc1F. The number of hydrogen-bond donors (Lipinski definition) is 0. The zero-order chi connectivity index (χ0) is 18.9. The summed E-state index contributed by atoms with van der Waals surface area (Å²) >= 11 is 0. The molecule has 1 aromatic heterocycles. The van der Waals surface area contributed by atoms with Gasteiger partial charge >= 0.3 is 0 Å². The van der Waals surface area contributed by atoms with E-state index in [4.69, 9.17) is 4.74 Å². The summed E-state index contributed by atoms with van der Waals surface area (Å²) in [5, 5.41) is 5.05. The van der Waals surface area contributed by atoms with Gasteiger partial charge in [0, 0.05) is 37.3 Å². The van der Waals surface area contributed by atoms with Gasteiger partial charge in [0.25, 0.3) is 0 Å². The lowest BCUT2D eigenvalue weighted by molar-refractivity contribution is 0.0817. The van der Waals surface area contributed by atoms with E-state index < -0.39 is 19.7 Å². The average molecular weight is 375 g/mol. The van der Waals surface area contributed by atoms with Gasteiger partial charge < -0.3 is 4.74 Å². The second-order valence-electron chi connectivity index (χ2n) is 7.81. The highest BCUT2D eigenvalue weighted by molar-refractivity contribution is 6.76. The molecule has 0 saturated carbocycles. The van der Waals surface area contributed by atoms with Gasteiger partial charge in [-0.05, 0) is 30.7 Å². The fourth-order valence-corrected chi connectivity index (χ4v) is 3.65. The molecular weight excluding hydrogens is 350 g/mol. The maximum atomic E-state index is 14.7. The van der Waals surface area contributed by atoms with Gasteiger partial charge in [-0.1, -0.05) is 31.8 Å². The lowest BCUT2D eigenvalue weighted by Crippen LogP contribution is -2.22. The minimum atomic E-state index is -1.15. The predicted octanol–water partition coefficient (Wildman–Crippen LogP) is 5.60. The molecule has 3 aromatic rings. The second-order valence-corrected chi connectivity index (χ2v) is 13.4. The van der Waals surface area contributed by atoms with E-state index in [1.54, 1.807) is 36.0 Å². The van der Waals surface area contributed by atoms with Crippen molar-refractivity contribution in [1.29, 1.82) is 0 Å². The van der Waals surface area contributed by atoms with Gasteiger partial charge in [0.15, 0.2) is 0 Å². The Balaban J connectivity index is 1.87. The zero-order valence-electron chi connectivity index (χ0n) is 15.6. The van der Waals surface area contributed by atoms with E-state index in [2.05, 4.69) is 24.7 Å². The molecule has 0 atom stereocenters. The van der Waals surface area contributed by atoms with Crippen LogP contribution in [0.2, 0.25) is 25.7 Å². The van der Waals surface area contributed by atoms with Crippen molar-refractivity contribution in [2.75, 3.05) is 6.61 Å². The fraction of sp³-hybridized carbons (Fsp3) is 0.350. The van der Waals surface area contributed by atoms with Crippen LogP contribution in [0.4, 0.5) is 8.78 Å². The van der Waals surface area contributed by atoms with Crippen LogP contribution in [0.3, 0.4) is 0 Å². The third-order valence-electron chi connectivity index (χ3n) is 4.43.